The molecule has 3 rings (SSSR count). The summed E-state index contributed by atoms with van der Waals surface area (Å²) in [7, 11) is 0. The molecule has 0 fully saturated rings. The molecule has 0 N–H and O–H groups in total. The summed E-state index contributed by atoms with van der Waals surface area (Å²) in [5, 5.41) is 0.222. The molecule has 18 heavy (non-hydrogen) atoms. The highest BCUT2D eigenvalue weighted by Gasteiger charge is 2.13. The number of para-hydroxylation sites is 2. The minimum absolute atomic E-state index is 0.130. The van der Waals surface area contributed by atoms with E-state index in [9.17, 15) is 4.79 Å². The second-order valence-electron chi connectivity index (χ2n) is 3.58. The topological polar surface area (TPSA) is 56.0 Å². The molecular formula is C13H8N2O2S. The summed E-state index contributed by atoms with van der Waals surface area (Å²) in [4.78, 5) is 20.1. The second-order valence-corrected chi connectivity index (χ2v) is 4.50. The number of rotatable bonds is 2. The van der Waals surface area contributed by atoms with Crippen molar-refractivity contribution in [3.8, 4) is 0 Å². The van der Waals surface area contributed by atoms with Gasteiger partial charge in [-0.2, -0.15) is 0 Å². The predicted molar refractivity (Wildman–Crippen MR) is 68.4 cm³/mol. The molecule has 0 unspecified atom stereocenters. The fourth-order valence-corrected chi connectivity index (χ4v) is 2.19. The first-order chi connectivity index (χ1) is 8.83. The van der Waals surface area contributed by atoms with E-state index in [1.54, 1.807) is 18.3 Å². The Labute approximate surface area is 107 Å². The number of hydrogen-bond donors (Lipinski definition) is 0. The number of carbonyl (C=O) groups is 1. The lowest BCUT2D eigenvalue weighted by Crippen LogP contribution is -1.93. The lowest BCUT2D eigenvalue weighted by atomic mass is 10.3. The number of nitrogens with zero attached hydrogens (tertiary/aromatic N) is 2. The lowest BCUT2D eigenvalue weighted by molar-refractivity contribution is 0.108. The van der Waals surface area contributed by atoms with Gasteiger partial charge in [-0.1, -0.05) is 12.1 Å². The molecule has 0 amide bonds. The Hall–Kier alpha value is -2.14. The number of pyridine rings is 1. The van der Waals surface area contributed by atoms with Gasteiger partial charge in [-0.25, -0.2) is 4.98 Å². The Kier molecular flexibility index (Phi) is 2.82. The van der Waals surface area contributed by atoms with Gasteiger partial charge >= 0.3 is 0 Å². The number of hydrogen-bond acceptors (Lipinski definition) is 5. The smallest absolute Gasteiger partial charge is 0.264 e. The maximum absolute atomic E-state index is 11.9. The van der Waals surface area contributed by atoms with E-state index >= 15 is 0 Å². The Morgan fingerprint density at radius 2 is 2.06 bits per heavy atom. The van der Waals surface area contributed by atoms with Gasteiger partial charge in [0.2, 0.25) is 5.12 Å². The summed E-state index contributed by atoms with van der Waals surface area (Å²) in [6, 6.07) is 10.8. The van der Waals surface area contributed by atoms with Gasteiger partial charge in [0.15, 0.2) is 5.58 Å². The van der Waals surface area contributed by atoms with Crippen LogP contribution >= 0.6 is 11.8 Å². The summed E-state index contributed by atoms with van der Waals surface area (Å²) >= 11 is 0.966. The number of aromatic nitrogens is 2. The quantitative estimate of drug-likeness (QED) is 0.659. The van der Waals surface area contributed by atoms with Crippen LogP contribution < -0.4 is 0 Å². The number of oxazole rings is 1. The van der Waals surface area contributed by atoms with Gasteiger partial charge < -0.3 is 4.42 Å². The van der Waals surface area contributed by atoms with E-state index in [2.05, 4.69) is 9.97 Å². The highest BCUT2D eigenvalue weighted by atomic mass is 32.2. The van der Waals surface area contributed by atoms with Crippen molar-refractivity contribution in [3.63, 3.8) is 0 Å². The van der Waals surface area contributed by atoms with E-state index in [4.69, 9.17) is 4.42 Å². The third kappa shape index (κ3) is 2.12. The number of carbonyl (C=O) groups excluding carboxylic acids is 1. The van der Waals surface area contributed by atoms with Crippen molar-refractivity contribution in [2.75, 3.05) is 0 Å². The minimum atomic E-state index is -0.130. The monoisotopic (exact) mass is 256 g/mol. The van der Waals surface area contributed by atoms with Crippen LogP contribution in [0.2, 0.25) is 0 Å². The van der Waals surface area contributed by atoms with Crippen LogP contribution in [0, 0.1) is 0 Å². The van der Waals surface area contributed by atoms with Crippen molar-refractivity contribution < 1.29 is 9.21 Å². The maximum atomic E-state index is 11.9. The van der Waals surface area contributed by atoms with Gasteiger partial charge in [-0.15, -0.1) is 0 Å². The van der Waals surface area contributed by atoms with Gasteiger partial charge in [0, 0.05) is 29.7 Å². The zero-order valence-electron chi connectivity index (χ0n) is 9.24. The average molecular weight is 256 g/mol. The second kappa shape index (κ2) is 4.62. The molecule has 1 aromatic carbocycles. The van der Waals surface area contributed by atoms with Crippen LogP contribution in [0.15, 0.2) is 58.4 Å². The number of fused-ring (bicyclic) bond motifs is 1. The Balaban J connectivity index is 1.86. The van der Waals surface area contributed by atoms with Crippen molar-refractivity contribution in [1.82, 2.24) is 9.97 Å². The largest absolute Gasteiger partial charge is 0.431 e. The molecule has 5 heteroatoms. The fourth-order valence-electron chi connectivity index (χ4n) is 1.52. The normalized spacial score (nSPS) is 10.7. The predicted octanol–water partition coefficient (Wildman–Crippen LogP) is 3.16. The standard InChI is InChI=1S/C13H8N2O2S/c16-12(9-4-3-7-14-8-9)18-13-15-10-5-1-2-6-11(10)17-13/h1-8H. The van der Waals surface area contributed by atoms with Crippen molar-refractivity contribution in [2.45, 2.75) is 5.22 Å². The molecule has 0 aliphatic carbocycles. The lowest BCUT2D eigenvalue weighted by Gasteiger charge is -1.95. The van der Waals surface area contributed by atoms with Crippen LogP contribution in [-0.4, -0.2) is 15.1 Å². The molecule has 0 aliphatic heterocycles. The fraction of sp³-hybridized carbons (Fsp3) is 0. The number of benzene rings is 1. The Morgan fingerprint density at radius 1 is 1.17 bits per heavy atom. The van der Waals surface area contributed by atoms with E-state index in [1.807, 2.05) is 24.3 Å². The summed E-state index contributed by atoms with van der Waals surface area (Å²) < 4.78 is 5.47. The van der Waals surface area contributed by atoms with Crippen LogP contribution in [0.4, 0.5) is 0 Å². The van der Waals surface area contributed by atoms with E-state index in [-0.39, 0.29) is 5.12 Å². The molecule has 4 nitrogen and oxygen atoms in total. The molecule has 0 saturated carbocycles. The van der Waals surface area contributed by atoms with Gasteiger partial charge in [0.25, 0.3) is 5.22 Å². The molecule has 2 heterocycles. The highest BCUT2D eigenvalue weighted by molar-refractivity contribution is 8.14. The van der Waals surface area contributed by atoms with E-state index in [1.165, 1.54) is 6.20 Å². The first kappa shape index (κ1) is 11.0. The van der Waals surface area contributed by atoms with Crippen LogP contribution in [0.3, 0.4) is 0 Å². The maximum Gasteiger partial charge on any atom is 0.264 e. The molecule has 2 aromatic heterocycles. The van der Waals surface area contributed by atoms with E-state index < -0.39 is 0 Å². The van der Waals surface area contributed by atoms with Crippen molar-refractivity contribution >= 4 is 28.0 Å². The molecule has 0 aliphatic rings. The van der Waals surface area contributed by atoms with E-state index in [0.29, 0.717) is 16.4 Å². The van der Waals surface area contributed by atoms with Gasteiger partial charge in [0.1, 0.15) is 5.52 Å². The molecule has 88 valence electrons. The van der Waals surface area contributed by atoms with Crippen LogP contribution in [-0.2, 0) is 0 Å². The SMILES string of the molecule is O=C(Sc1nc2ccccc2o1)c1cccnc1. The summed E-state index contributed by atoms with van der Waals surface area (Å²) in [6.07, 6.45) is 3.15. The molecule has 0 bridgehead atoms. The third-order valence-electron chi connectivity index (χ3n) is 2.35. The molecule has 0 spiro atoms. The van der Waals surface area contributed by atoms with Gasteiger partial charge in [-0.05, 0) is 24.3 Å². The number of thioether (sulfide) groups is 1. The summed E-state index contributed by atoms with van der Waals surface area (Å²) in [5.41, 5.74) is 1.96. The van der Waals surface area contributed by atoms with Gasteiger partial charge in [0.05, 0.1) is 0 Å². The summed E-state index contributed by atoms with van der Waals surface area (Å²) in [6.45, 7) is 0. The van der Waals surface area contributed by atoms with Crippen molar-refractivity contribution in [3.05, 3.63) is 54.4 Å². The molecule has 0 saturated heterocycles. The first-order valence-corrected chi connectivity index (χ1v) is 6.12. The zero-order chi connectivity index (χ0) is 12.4. The van der Waals surface area contributed by atoms with Crippen molar-refractivity contribution in [2.24, 2.45) is 0 Å². The molecular weight excluding hydrogens is 248 g/mol. The third-order valence-corrected chi connectivity index (χ3v) is 3.12. The van der Waals surface area contributed by atoms with Crippen LogP contribution in [0.25, 0.3) is 11.1 Å². The first-order valence-electron chi connectivity index (χ1n) is 5.31. The average Bonchev–Trinajstić information content (AvgIpc) is 2.82. The van der Waals surface area contributed by atoms with Crippen LogP contribution in [0.1, 0.15) is 10.4 Å². The van der Waals surface area contributed by atoms with Crippen LogP contribution in [0.5, 0.6) is 0 Å². The van der Waals surface area contributed by atoms with E-state index in [0.717, 1.165) is 17.3 Å². The molecule has 0 radical (unpaired) electrons. The Bertz CT molecular complexity index is 661. The van der Waals surface area contributed by atoms with Gasteiger partial charge in [-0.3, -0.25) is 9.78 Å². The van der Waals surface area contributed by atoms with Crippen molar-refractivity contribution in [1.29, 1.82) is 0 Å². The summed E-state index contributed by atoms with van der Waals surface area (Å²) in [5.74, 6) is 0. The molecule has 3 aromatic rings. The zero-order valence-corrected chi connectivity index (χ0v) is 10.1. The minimum Gasteiger partial charge on any atom is -0.431 e. The highest BCUT2D eigenvalue weighted by Crippen LogP contribution is 2.25. The molecule has 0 atom stereocenters. The Morgan fingerprint density at radius 3 is 2.83 bits per heavy atom.